The maximum Gasteiger partial charge on any atom is 0.249 e. The van der Waals surface area contributed by atoms with Crippen LogP contribution in [0.4, 0.5) is 10.1 Å². The highest BCUT2D eigenvalue weighted by molar-refractivity contribution is 6.00. The summed E-state index contributed by atoms with van der Waals surface area (Å²) in [5.74, 6) is -0.566. The van der Waals surface area contributed by atoms with E-state index in [1.165, 1.54) is 17.0 Å². The topological polar surface area (TPSA) is 40.6 Å². The summed E-state index contributed by atoms with van der Waals surface area (Å²) in [6, 6.07) is 5.46. The molecule has 102 valence electrons. The second-order valence-corrected chi connectivity index (χ2v) is 4.59. The molecule has 4 nitrogen and oxygen atoms in total. The Hall–Kier alpha value is -1.91. The van der Waals surface area contributed by atoms with E-state index in [1.54, 1.807) is 30.9 Å². The molecule has 0 radical (unpaired) electrons. The summed E-state index contributed by atoms with van der Waals surface area (Å²) >= 11 is 0. The fraction of sp³-hybridized carbons (Fsp3) is 0.429. The first-order valence-electron chi connectivity index (χ1n) is 6.41. The monoisotopic (exact) mass is 264 g/mol. The van der Waals surface area contributed by atoms with Crippen LogP contribution in [0.2, 0.25) is 0 Å². The quantitative estimate of drug-likeness (QED) is 0.817. The predicted molar refractivity (Wildman–Crippen MR) is 70.2 cm³/mol. The number of halogens is 1. The van der Waals surface area contributed by atoms with E-state index in [-0.39, 0.29) is 17.6 Å². The van der Waals surface area contributed by atoms with Crippen molar-refractivity contribution in [1.82, 2.24) is 4.90 Å². The average Bonchev–Trinajstić information content (AvgIpc) is 2.41. The van der Waals surface area contributed by atoms with Gasteiger partial charge in [-0.25, -0.2) is 4.39 Å². The summed E-state index contributed by atoms with van der Waals surface area (Å²) in [5.41, 5.74) is 0.542. The second-order valence-electron chi connectivity index (χ2n) is 4.59. The van der Waals surface area contributed by atoms with Crippen molar-refractivity contribution in [2.45, 2.75) is 26.3 Å². The Kier molecular flexibility index (Phi) is 3.83. The van der Waals surface area contributed by atoms with Crippen molar-refractivity contribution >= 4 is 17.5 Å². The van der Waals surface area contributed by atoms with Crippen LogP contribution < -0.4 is 4.90 Å². The molecular formula is C14H17FN2O2. The Morgan fingerprint density at radius 1 is 1.42 bits per heavy atom. The number of anilines is 1. The standard InChI is InChI=1S/C14H17FN2O2/c1-3-13(18)16-7-8-17(14(19)10(16)2)12-6-4-5-11(15)9-12/h4-6,9-10H,3,7-8H2,1-2H3/t10-/m1/s1. The lowest BCUT2D eigenvalue weighted by atomic mass is 10.1. The number of hydrogen-bond acceptors (Lipinski definition) is 2. The number of amides is 2. The molecule has 0 aromatic heterocycles. The third kappa shape index (κ3) is 2.59. The molecule has 0 aliphatic carbocycles. The first-order valence-corrected chi connectivity index (χ1v) is 6.41. The number of hydrogen-bond donors (Lipinski definition) is 0. The van der Waals surface area contributed by atoms with Crippen LogP contribution in [0, 0.1) is 5.82 Å². The number of rotatable bonds is 2. The lowest BCUT2D eigenvalue weighted by Crippen LogP contribution is -2.57. The normalized spacial score (nSPS) is 19.7. The zero-order valence-corrected chi connectivity index (χ0v) is 11.1. The summed E-state index contributed by atoms with van der Waals surface area (Å²) < 4.78 is 13.2. The summed E-state index contributed by atoms with van der Waals surface area (Å²) in [6.07, 6.45) is 0.386. The van der Waals surface area contributed by atoms with Crippen LogP contribution in [-0.2, 0) is 9.59 Å². The lowest BCUT2D eigenvalue weighted by molar-refractivity contribution is -0.140. The Morgan fingerprint density at radius 3 is 2.79 bits per heavy atom. The fourth-order valence-electron chi connectivity index (χ4n) is 2.31. The molecular weight excluding hydrogens is 247 g/mol. The molecule has 0 unspecified atom stereocenters. The highest BCUT2D eigenvalue weighted by Crippen LogP contribution is 2.21. The number of carbonyl (C=O) groups excluding carboxylic acids is 2. The number of nitrogens with zero attached hydrogens (tertiary/aromatic N) is 2. The molecule has 1 aromatic carbocycles. The van der Waals surface area contributed by atoms with E-state index in [9.17, 15) is 14.0 Å². The molecule has 1 aromatic rings. The highest BCUT2D eigenvalue weighted by atomic mass is 19.1. The van der Waals surface area contributed by atoms with Crippen molar-refractivity contribution in [2.24, 2.45) is 0 Å². The van der Waals surface area contributed by atoms with Crippen LogP contribution in [-0.4, -0.2) is 35.8 Å². The molecule has 0 bridgehead atoms. The third-order valence-corrected chi connectivity index (χ3v) is 3.40. The summed E-state index contributed by atoms with van der Waals surface area (Å²) in [4.78, 5) is 27.1. The molecule has 1 saturated heterocycles. The SMILES string of the molecule is CCC(=O)N1CCN(c2cccc(F)c2)C(=O)[C@H]1C. The number of carbonyl (C=O) groups is 2. The van der Waals surface area contributed by atoms with Gasteiger partial charge in [0.25, 0.3) is 0 Å². The first-order chi connectivity index (χ1) is 9.04. The number of piperazine rings is 1. The van der Waals surface area contributed by atoms with Gasteiger partial charge in [0.05, 0.1) is 0 Å². The van der Waals surface area contributed by atoms with Gasteiger partial charge in [-0.15, -0.1) is 0 Å². The van der Waals surface area contributed by atoms with Crippen molar-refractivity contribution in [2.75, 3.05) is 18.0 Å². The van der Waals surface area contributed by atoms with Gasteiger partial charge in [-0.2, -0.15) is 0 Å². The van der Waals surface area contributed by atoms with Crippen molar-refractivity contribution in [3.8, 4) is 0 Å². The molecule has 2 amide bonds. The van der Waals surface area contributed by atoms with Crippen LogP contribution in [0.15, 0.2) is 24.3 Å². The summed E-state index contributed by atoms with van der Waals surface area (Å²) in [6.45, 7) is 4.37. The van der Waals surface area contributed by atoms with Crippen LogP contribution in [0.25, 0.3) is 0 Å². The molecule has 0 N–H and O–H groups in total. The van der Waals surface area contributed by atoms with Gasteiger partial charge in [-0.05, 0) is 25.1 Å². The lowest BCUT2D eigenvalue weighted by Gasteiger charge is -2.39. The minimum absolute atomic E-state index is 0.0280. The van der Waals surface area contributed by atoms with E-state index >= 15 is 0 Å². The largest absolute Gasteiger partial charge is 0.329 e. The Bertz CT molecular complexity index is 504. The van der Waals surface area contributed by atoms with Crippen LogP contribution in [0.5, 0.6) is 0 Å². The smallest absolute Gasteiger partial charge is 0.249 e. The summed E-state index contributed by atoms with van der Waals surface area (Å²) in [5, 5.41) is 0. The van der Waals surface area contributed by atoms with E-state index in [2.05, 4.69) is 0 Å². The molecule has 0 saturated carbocycles. The molecule has 1 atom stereocenters. The molecule has 1 fully saturated rings. The highest BCUT2D eigenvalue weighted by Gasteiger charge is 2.34. The maximum absolute atomic E-state index is 13.2. The molecule has 1 heterocycles. The van der Waals surface area contributed by atoms with Gasteiger partial charge in [0.1, 0.15) is 11.9 Å². The Morgan fingerprint density at radius 2 is 2.16 bits per heavy atom. The molecule has 1 aliphatic heterocycles. The zero-order chi connectivity index (χ0) is 14.0. The second kappa shape index (κ2) is 5.38. The van der Waals surface area contributed by atoms with Crippen LogP contribution in [0.3, 0.4) is 0 Å². The molecule has 2 rings (SSSR count). The van der Waals surface area contributed by atoms with Crippen molar-refractivity contribution in [3.63, 3.8) is 0 Å². The fourth-order valence-corrected chi connectivity index (χ4v) is 2.31. The van der Waals surface area contributed by atoms with Crippen molar-refractivity contribution in [3.05, 3.63) is 30.1 Å². The van der Waals surface area contributed by atoms with E-state index in [0.29, 0.717) is 25.2 Å². The van der Waals surface area contributed by atoms with Gasteiger partial charge in [-0.3, -0.25) is 9.59 Å². The van der Waals surface area contributed by atoms with Crippen LogP contribution >= 0.6 is 0 Å². The van der Waals surface area contributed by atoms with Crippen LogP contribution in [0.1, 0.15) is 20.3 Å². The number of benzene rings is 1. The van der Waals surface area contributed by atoms with Gasteiger partial charge >= 0.3 is 0 Å². The average molecular weight is 264 g/mol. The van der Waals surface area contributed by atoms with E-state index in [4.69, 9.17) is 0 Å². The predicted octanol–water partition coefficient (Wildman–Crippen LogP) is 1.80. The molecule has 5 heteroatoms. The van der Waals surface area contributed by atoms with Gasteiger partial charge in [0.2, 0.25) is 11.8 Å². The molecule has 1 aliphatic rings. The minimum Gasteiger partial charge on any atom is -0.329 e. The zero-order valence-electron chi connectivity index (χ0n) is 11.1. The Balaban J connectivity index is 2.20. The summed E-state index contributed by atoms with van der Waals surface area (Å²) in [7, 11) is 0. The van der Waals surface area contributed by atoms with Crippen molar-refractivity contribution < 1.29 is 14.0 Å². The molecule has 19 heavy (non-hydrogen) atoms. The Labute approximate surface area is 111 Å². The molecule has 0 spiro atoms. The van der Waals surface area contributed by atoms with Gasteiger partial charge in [0, 0.05) is 25.2 Å². The van der Waals surface area contributed by atoms with E-state index in [1.807, 2.05) is 0 Å². The van der Waals surface area contributed by atoms with Gasteiger partial charge in [0.15, 0.2) is 0 Å². The maximum atomic E-state index is 13.2. The van der Waals surface area contributed by atoms with Gasteiger partial charge < -0.3 is 9.80 Å². The van der Waals surface area contributed by atoms with E-state index < -0.39 is 6.04 Å². The van der Waals surface area contributed by atoms with Crippen molar-refractivity contribution in [1.29, 1.82) is 0 Å². The first kappa shape index (κ1) is 13.5. The van der Waals surface area contributed by atoms with E-state index in [0.717, 1.165) is 0 Å². The third-order valence-electron chi connectivity index (χ3n) is 3.40. The van der Waals surface area contributed by atoms with Gasteiger partial charge in [-0.1, -0.05) is 13.0 Å². The minimum atomic E-state index is -0.496.